The van der Waals surface area contributed by atoms with Gasteiger partial charge in [-0.15, -0.1) is 0 Å². The van der Waals surface area contributed by atoms with Crippen LogP contribution in [0.5, 0.6) is 17.2 Å². The molecule has 0 saturated carbocycles. The number of hydrogen-bond acceptors (Lipinski definition) is 5. The molecule has 8 heteroatoms. The zero-order valence-electron chi connectivity index (χ0n) is 17.3. The molecule has 3 aromatic carbocycles. The molecule has 0 N–H and O–H groups in total. The number of rotatable bonds is 4. The van der Waals surface area contributed by atoms with Crippen molar-refractivity contribution in [2.75, 3.05) is 14.2 Å². The van der Waals surface area contributed by atoms with E-state index in [1.54, 1.807) is 26.4 Å². The molecule has 2 aliphatic heterocycles. The highest BCUT2D eigenvalue weighted by Gasteiger charge is 2.41. The molecule has 0 radical (unpaired) electrons. The number of hydrazone groups is 1. The minimum atomic E-state index is -0.504. The van der Waals surface area contributed by atoms with Gasteiger partial charge < -0.3 is 14.2 Å². The van der Waals surface area contributed by atoms with Crippen molar-refractivity contribution in [3.05, 3.63) is 86.4 Å². The van der Waals surface area contributed by atoms with Crippen LogP contribution in [0.25, 0.3) is 0 Å². The van der Waals surface area contributed by atoms with E-state index in [0.29, 0.717) is 33.0 Å². The average molecular weight is 490 g/mol. The van der Waals surface area contributed by atoms with E-state index in [1.807, 2.05) is 47.5 Å². The van der Waals surface area contributed by atoms with E-state index in [9.17, 15) is 0 Å². The van der Waals surface area contributed by atoms with Gasteiger partial charge in [-0.25, -0.2) is 5.01 Å². The largest absolute Gasteiger partial charge is 0.493 e. The van der Waals surface area contributed by atoms with Crippen LogP contribution in [-0.2, 0) is 0 Å². The van der Waals surface area contributed by atoms with Crippen LogP contribution in [0, 0.1) is 0 Å². The lowest BCUT2D eigenvalue weighted by Crippen LogP contribution is -2.33. The SMILES string of the molecule is COc1ccc(C2=NN3[C@@H](C2)c2cc(Cl)ccc2O[C@H]3c2ccc(Cl)cc2Cl)cc1OC. The Hall–Kier alpha value is -2.60. The first-order valence-corrected chi connectivity index (χ1v) is 11.1. The summed E-state index contributed by atoms with van der Waals surface area (Å²) in [4.78, 5) is 0. The first-order chi connectivity index (χ1) is 15.5. The van der Waals surface area contributed by atoms with Crippen LogP contribution >= 0.6 is 34.8 Å². The van der Waals surface area contributed by atoms with Gasteiger partial charge in [0.1, 0.15) is 5.75 Å². The Morgan fingerprint density at radius 2 is 1.62 bits per heavy atom. The second-order valence-corrected chi connectivity index (χ2v) is 8.81. The maximum atomic E-state index is 6.54. The molecule has 0 aromatic heterocycles. The molecule has 0 spiro atoms. The highest BCUT2D eigenvalue weighted by atomic mass is 35.5. The smallest absolute Gasteiger partial charge is 0.215 e. The van der Waals surface area contributed by atoms with Crippen molar-refractivity contribution in [3.63, 3.8) is 0 Å². The van der Waals surface area contributed by atoms with Crippen LogP contribution in [0.4, 0.5) is 0 Å². The van der Waals surface area contributed by atoms with E-state index in [-0.39, 0.29) is 6.04 Å². The Bertz CT molecular complexity index is 1230. The maximum absolute atomic E-state index is 6.54. The highest BCUT2D eigenvalue weighted by Crippen LogP contribution is 2.49. The van der Waals surface area contributed by atoms with Gasteiger partial charge in [-0.2, -0.15) is 5.10 Å². The quantitative estimate of drug-likeness (QED) is 0.399. The van der Waals surface area contributed by atoms with Crippen molar-refractivity contribution in [1.82, 2.24) is 5.01 Å². The zero-order chi connectivity index (χ0) is 22.4. The number of hydrogen-bond donors (Lipinski definition) is 0. The van der Waals surface area contributed by atoms with Gasteiger partial charge in [0, 0.05) is 33.2 Å². The zero-order valence-corrected chi connectivity index (χ0v) is 19.6. The molecule has 3 aromatic rings. The van der Waals surface area contributed by atoms with Crippen molar-refractivity contribution in [3.8, 4) is 17.2 Å². The Balaban J connectivity index is 1.60. The van der Waals surface area contributed by atoms with Crippen LogP contribution < -0.4 is 14.2 Å². The summed E-state index contributed by atoms with van der Waals surface area (Å²) in [6.07, 6.45) is 0.171. The third-order valence-corrected chi connectivity index (χ3v) is 6.49. The Morgan fingerprint density at radius 1 is 0.875 bits per heavy atom. The van der Waals surface area contributed by atoms with E-state index in [1.165, 1.54) is 0 Å². The molecule has 5 nitrogen and oxygen atoms in total. The predicted molar refractivity (Wildman–Crippen MR) is 127 cm³/mol. The average Bonchev–Trinajstić information content (AvgIpc) is 3.24. The lowest BCUT2D eigenvalue weighted by Gasteiger charge is -2.38. The summed E-state index contributed by atoms with van der Waals surface area (Å²) in [5.74, 6) is 2.07. The summed E-state index contributed by atoms with van der Waals surface area (Å²) < 4.78 is 17.2. The fraction of sp³-hybridized carbons (Fsp3) is 0.208. The van der Waals surface area contributed by atoms with Gasteiger partial charge >= 0.3 is 0 Å². The highest BCUT2D eigenvalue weighted by molar-refractivity contribution is 6.35. The first-order valence-electron chi connectivity index (χ1n) is 9.97. The number of halogens is 3. The van der Waals surface area contributed by atoms with Crippen LogP contribution in [0.15, 0.2) is 59.7 Å². The Labute approximate surface area is 201 Å². The van der Waals surface area contributed by atoms with Gasteiger partial charge in [0.15, 0.2) is 11.5 Å². The van der Waals surface area contributed by atoms with E-state index in [0.717, 1.165) is 28.2 Å². The number of methoxy groups -OCH3 is 2. The third kappa shape index (κ3) is 3.64. The summed E-state index contributed by atoms with van der Waals surface area (Å²) in [6.45, 7) is 0. The van der Waals surface area contributed by atoms with Crippen LogP contribution in [-0.4, -0.2) is 24.9 Å². The predicted octanol–water partition coefficient (Wildman–Crippen LogP) is 6.91. The van der Waals surface area contributed by atoms with E-state index < -0.39 is 6.23 Å². The minimum absolute atomic E-state index is 0.0581. The summed E-state index contributed by atoms with van der Waals surface area (Å²) in [7, 11) is 3.23. The molecular formula is C24H19Cl3N2O3. The standard InChI is InChI=1S/C24H19Cl3N2O3/c1-30-22-7-3-13(9-23(22)31-2)19-12-20-17-10-14(25)5-8-21(17)32-24(29(20)28-19)16-6-4-15(26)11-18(16)27/h3-11,20,24H,12H2,1-2H3/t20-,24-/m0/s1. The first kappa shape index (κ1) is 21.3. The fourth-order valence-corrected chi connectivity index (χ4v) is 4.84. The molecule has 2 aliphatic rings. The van der Waals surface area contributed by atoms with E-state index in [4.69, 9.17) is 54.1 Å². The number of fused-ring (bicyclic) bond motifs is 3. The molecule has 0 unspecified atom stereocenters. The van der Waals surface area contributed by atoms with Crippen LogP contribution in [0.3, 0.4) is 0 Å². The minimum Gasteiger partial charge on any atom is -0.493 e. The van der Waals surface area contributed by atoms with E-state index >= 15 is 0 Å². The Morgan fingerprint density at radius 3 is 2.38 bits per heavy atom. The molecule has 164 valence electrons. The van der Waals surface area contributed by atoms with E-state index in [2.05, 4.69) is 0 Å². The molecule has 0 aliphatic carbocycles. The molecule has 5 rings (SSSR count). The second kappa shape index (κ2) is 8.39. The van der Waals surface area contributed by atoms with Crippen molar-refractivity contribution >= 4 is 40.5 Å². The summed E-state index contributed by atoms with van der Waals surface area (Å²) in [5.41, 5.74) is 3.63. The maximum Gasteiger partial charge on any atom is 0.215 e. The normalized spacial score (nSPS) is 19.0. The van der Waals surface area contributed by atoms with Crippen molar-refractivity contribution in [2.45, 2.75) is 18.7 Å². The van der Waals surface area contributed by atoms with Gasteiger partial charge in [0.2, 0.25) is 6.23 Å². The van der Waals surface area contributed by atoms with Gasteiger partial charge in [-0.3, -0.25) is 0 Å². The van der Waals surface area contributed by atoms with Gasteiger partial charge in [-0.1, -0.05) is 40.9 Å². The molecule has 0 saturated heterocycles. The monoisotopic (exact) mass is 488 g/mol. The van der Waals surface area contributed by atoms with Gasteiger partial charge in [-0.05, 0) is 48.5 Å². The number of nitrogens with zero attached hydrogens (tertiary/aromatic N) is 2. The second-order valence-electron chi connectivity index (χ2n) is 7.53. The lowest BCUT2D eigenvalue weighted by molar-refractivity contribution is -0.0189. The number of ether oxygens (including phenoxy) is 3. The molecular weight excluding hydrogens is 471 g/mol. The molecule has 0 amide bonds. The lowest BCUT2D eigenvalue weighted by atomic mass is 9.95. The fourth-order valence-electron chi connectivity index (χ4n) is 4.16. The molecule has 0 bridgehead atoms. The van der Waals surface area contributed by atoms with Crippen molar-refractivity contribution < 1.29 is 14.2 Å². The van der Waals surface area contributed by atoms with Crippen molar-refractivity contribution in [1.29, 1.82) is 0 Å². The third-order valence-electron chi connectivity index (χ3n) is 5.70. The summed E-state index contributed by atoms with van der Waals surface area (Å²) in [6, 6.07) is 16.8. The van der Waals surface area contributed by atoms with Gasteiger partial charge in [0.05, 0.1) is 31.0 Å². The summed E-state index contributed by atoms with van der Waals surface area (Å²) >= 11 is 19.0. The van der Waals surface area contributed by atoms with Crippen LogP contribution in [0.1, 0.15) is 35.4 Å². The Kier molecular flexibility index (Phi) is 5.58. The molecule has 2 heterocycles. The van der Waals surface area contributed by atoms with Crippen LogP contribution in [0.2, 0.25) is 15.1 Å². The molecule has 32 heavy (non-hydrogen) atoms. The summed E-state index contributed by atoms with van der Waals surface area (Å²) in [5, 5.41) is 8.63. The van der Waals surface area contributed by atoms with Crippen molar-refractivity contribution in [2.24, 2.45) is 5.10 Å². The number of benzene rings is 3. The molecule has 2 atom stereocenters. The topological polar surface area (TPSA) is 43.3 Å². The molecule has 0 fully saturated rings. The van der Waals surface area contributed by atoms with Gasteiger partial charge in [0.25, 0.3) is 0 Å².